The minimum Gasteiger partial charge on any atom is -0.444 e. The number of ether oxygens (including phenoxy) is 1. The summed E-state index contributed by atoms with van der Waals surface area (Å²) in [6.45, 7) is 7.71. The van der Waals surface area contributed by atoms with Crippen LogP contribution in [0.3, 0.4) is 0 Å². The van der Waals surface area contributed by atoms with Gasteiger partial charge in [-0.15, -0.1) is 0 Å². The number of carbonyl (C=O) groups is 1. The van der Waals surface area contributed by atoms with Crippen LogP contribution >= 0.6 is 0 Å². The Labute approximate surface area is 132 Å². The average molecular weight is 297 g/mol. The molecule has 0 saturated carbocycles. The van der Waals surface area contributed by atoms with Crippen molar-refractivity contribution in [2.24, 2.45) is 0 Å². The zero-order valence-corrected chi connectivity index (χ0v) is 13.6. The Morgan fingerprint density at radius 1 is 0.955 bits per heavy atom. The molecule has 0 bridgehead atoms. The van der Waals surface area contributed by atoms with E-state index in [-0.39, 0.29) is 0 Å². The number of nitrogens with one attached hydrogen (secondary N) is 1. The molecular formula is C19H23NO2. The molecule has 0 heterocycles. The van der Waals surface area contributed by atoms with Gasteiger partial charge in [0.05, 0.1) is 0 Å². The molecule has 3 heteroatoms. The molecule has 2 rings (SSSR count). The minimum absolute atomic E-state index is 0.316. The molecule has 1 amide bonds. The minimum atomic E-state index is -0.494. The monoisotopic (exact) mass is 297 g/mol. The average Bonchev–Trinajstić information content (AvgIpc) is 2.46. The van der Waals surface area contributed by atoms with E-state index in [1.165, 1.54) is 11.1 Å². The lowest BCUT2D eigenvalue weighted by molar-refractivity contribution is 0.0636. The first-order chi connectivity index (χ1) is 10.3. The maximum Gasteiger partial charge on any atom is 0.412 e. The molecule has 1 atom stereocenters. The van der Waals surface area contributed by atoms with E-state index in [0.29, 0.717) is 5.92 Å². The van der Waals surface area contributed by atoms with Crippen LogP contribution in [0.5, 0.6) is 0 Å². The highest BCUT2D eigenvalue weighted by atomic mass is 16.6. The van der Waals surface area contributed by atoms with Crippen LogP contribution in [0.2, 0.25) is 0 Å². The molecule has 3 nitrogen and oxygen atoms in total. The molecule has 0 aliphatic carbocycles. The smallest absolute Gasteiger partial charge is 0.412 e. The summed E-state index contributed by atoms with van der Waals surface area (Å²) in [5.41, 5.74) is 2.72. The van der Waals surface area contributed by atoms with Gasteiger partial charge in [-0.25, -0.2) is 4.79 Å². The number of hydrogen-bond acceptors (Lipinski definition) is 2. The van der Waals surface area contributed by atoms with Crippen molar-refractivity contribution >= 4 is 11.8 Å². The van der Waals surface area contributed by atoms with Gasteiger partial charge in [-0.1, -0.05) is 49.4 Å². The van der Waals surface area contributed by atoms with Crippen LogP contribution in [0.4, 0.5) is 10.5 Å². The predicted octanol–water partition coefficient (Wildman–Crippen LogP) is 5.19. The Hall–Kier alpha value is -2.29. The number of benzene rings is 2. The number of rotatable bonds is 3. The molecule has 116 valence electrons. The fraction of sp³-hybridized carbons (Fsp3) is 0.316. The van der Waals surface area contributed by atoms with Crippen molar-refractivity contribution in [1.82, 2.24) is 0 Å². The first-order valence-corrected chi connectivity index (χ1v) is 7.50. The Morgan fingerprint density at radius 3 is 2.05 bits per heavy atom. The van der Waals surface area contributed by atoms with Crippen molar-refractivity contribution in [2.45, 2.75) is 39.2 Å². The summed E-state index contributed by atoms with van der Waals surface area (Å²) in [7, 11) is 0. The molecule has 0 aromatic heterocycles. The van der Waals surface area contributed by atoms with E-state index >= 15 is 0 Å². The maximum atomic E-state index is 11.7. The van der Waals surface area contributed by atoms with Crippen molar-refractivity contribution in [3.05, 3.63) is 65.7 Å². The zero-order chi connectivity index (χ0) is 16.2. The van der Waals surface area contributed by atoms with E-state index < -0.39 is 11.7 Å². The van der Waals surface area contributed by atoms with Crippen LogP contribution in [0, 0.1) is 0 Å². The third-order valence-electron chi connectivity index (χ3n) is 3.36. The SMILES string of the molecule is CC(c1ccccc1)c1ccc(NC(=O)OC(C)(C)C)cc1. The molecule has 1 unspecified atom stereocenters. The lowest BCUT2D eigenvalue weighted by Gasteiger charge is -2.20. The summed E-state index contributed by atoms with van der Waals surface area (Å²) in [5.74, 6) is 0.316. The largest absolute Gasteiger partial charge is 0.444 e. The van der Waals surface area contributed by atoms with Gasteiger partial charge in [-0.2, -0.15) is 0 Å². The molecule has 0 radical (unpaired) electrons. The number of amides is 1. The second-order valence-corrected chi connectivity index (χ2v) is 6.38. The first kappa shape index (κ1) is 16.1. The highest BCUT2D eigenvalue weighted by molar-refractivity contribution is 5.84. The van der Waals surface area contributed by atoms with Gasteiger partial charge in [0.1, 0.15) is 5.60 Å². The van der Waals surface area contributed by atoms with Gasteiger partial charge in [-0.05, 0) is 44.0 Å². The van der Waals surface area contributed by atoms with Crippen LogP contribution in [0.25, 0.3) is 0 Å². The fourth-order valence-corrected chi connectivity index (χ4v) is 2.21. The van der Waals surface area contributed by atoms with Gasteiger partial charge in [0.15, 0.2) is 0 Å². The van der Waals surface area contributed by atoms with Crippen molar-refractivity contribution in [3.8, 4) is 0 Å². The van der Waals surface area contributed by atoms with Crippen LogP contribution in [0.15, 0.2) is 54.6 Å². The first-order valence-electron chi connectivity index (χ1n) is 7.50. The predicted molar refractivity (Wildman–Crippen MR) is 90.3 cm³/mol. The van der Waals surface area contributed by atoms with E-state index in [0.717, 1.165) is 5.69 Å². The van der Waals surface area contributed by atoms with Gasteiger partial charge < -0.3 is 4.74 Å². The molecule has 2 aromatic rings. The van der Waals surface area contributed by atoms with Crippen LogP contribution in [-0.2, 0) is 4.74 Å². The highest BCUT2D eigenvalue weighted by Crippen LogP contribution is 2.25. The van der Waals surface area contributed by atoms with Crippen molar-refractivity contribution in [2.75, 3.05) is 5.32 Å². The highest BCUT2D eigenvalue weighted by Gasteiger charge is 2.16. The van der Waals surface area contributed by atoms with E-state index in [1.54, 1.807) is 0 Å². The lowest BCUT2D eigenvalue weighted by Crippen LogP contribution is -2.27. The van der Waals surface area contributed by atoms with Crippen LogP contribution in [0.1, 0.15) is 44.7 Å². The van der Waals surface area contributed by atoms with Crippen molar-refractivity contribution < 1.29 is 9.53 Å². The fourth-order valence-electron chi connectivity index (χ4n) is 2.21. The quantitative estimate of drug-likeness (QED) is 0.847. The maximum absolute atomic E-state index is 11.7. The Bertz CT molecular complexity index is 612. The van der Waals surface area contributed by atoms with Crippen LogP contribution < -0.4 is 5.32 Å². The second kappa shape index (κ2) is 6.65. The van der Waals surface area contributed by atoms with E-state index in [9.17, 15) is 4.79 Å². The number of carbonyl (C=O) groups excluding carboxylic acids is 1. The molecule has 0 saturated heterocycles. The Morgan fingerprint density at radius 2 is 1.50 bits per heavy atom. The van der Waals surface area contributed by atoms with E-state index in [4.69, 9.17) is 4.74 Å². The van der Waals surface area contributed by atoms with Crippen LogP contribution in [-0.4, -0.2) is 11.7 Å². The topological polar surface area (TPSA) is 38.3 Å². The van der Waals surface area contributed by atoms with Crippen molar-refractivity contribution in [1.29, 1.82) is 0 Å². The molecule has 22 heavy (non-hydrogen) atoms. The Kier molecular flexibility index (Phi) is 4.86. The third kappa shape index (κ3) is 4.62. The lowest BCUT2D eigenvalue weighted by atomic mass is 9.93. The zero-order valence-electron chi connectivity index (χ0n) is 13.6. The van der Waals surface area contributed by atoms with E-state index in [1.807, 2.05) is 63.2 Å². The van der Waals surface area contributed by atoms with Gasteiger partial charge in [0.25, 0.3) is 0 Å². The summed E-state index contributed by atoms with van der Waals surface area (Å²) < 4.78 is 5.24. The summed E-state index contributed by atoms with van der Waals surface area (Å²) in [6.07, 6.45) is -0.434. The second-order valence-electron chi connectivity index (χ2n) is 6.38. The molecular weight excluding hydrogens is 274 g/mol. The summed E-state index contributed by atoms with van der Waals surface area (Å²) >= 11 is 0. The van der Waals surface area contributed by atoms with E-state index in [2.05, 4.69) is 24.4 Å². The van der Waals surface area contributed by atoms with Gasteiger partial charge in [-0.3, -0.25) is 5.32 Å². The van der Waals surface area contributed by atoms with Crippen molar-refractivity contribution in [3.63, 3.8) is 0 Å². The molecule has 2 aromatic carbocycles. The number of hydrogen-bond donors (Lipinski definition) is 1. The number of anilines is 1. The molecule has 0 fully saturated rings. The summed E-state index contributed by atoms with van der Waals surface area (Å²) in [5, 5.41) is 2.74. The summed E-state index contributed by atoms with van der Waals surface area (Å²) in [4.78, 5) is 11.7. The van der Waals surface area contributed by atoms with Gasteiger partial charge >= 0.3 is 6.09 Å². The van der Waals surface area contributed by atoms with Gasteiger partial charge in [0, 0.05) is 11.6 Å². The van der Waals surface area contributed by atoms with Gasteiger partial charge in [0.2, 0.25) is 0 Å². The normalized spacial score (nSPS) is 12.5. The molecule has 0 spiro atoms. The summed E-state index contributed by atoms with van der Waals surface area (Å²) in [6, 6.07) is 18.2. The standard InChI is InChI=1S/C19H23NO2/c1-14(15-8-6-5-7-9-15)16-10-12-17(13-11-16)20-18(21)22-19(2,3)4/h5-14H,1-4H3,(H,20,21). The molecule has 0 aliphatic heterocycles. The Balaban J connectivity index is 2.03. The molecule has 1 N–H and O–H groups in total. The third-order valence-corrected chi connectivity index (χ3v) is 3.36. The molecule has 0 aliphatic rings.